The second-order valence-electron chi connectivity index (χ2n) is 5.63. The van der Waals surface area contributed by atoms with Crippen molar-refractivity contribution in [1.82, 2.24) is 9.80 Å². The first-order valence-electron chi connectivity index (χ1n) is 8.42. The standard InChI is InChI=1S/C14H28N2O2.C2H6/c1-3-6-16-7-4-13(5-8-16)17-9-10-18-14-11-15(2)12-14;1-2/h13-14H,3-12H2,1-2H3;1-2H3. The number of hydrogen-bond acceptors (Lipinski definition) is 4. The van der Waals surface area contributed by atoms with Gasteiger partial charge in [0, 0.05) is 26.2 Å². The van der Waals surface area contributed by atoms with Crippen molar-refractivity contribution in [2.45, 2.75) is 52.2 Å². The highest BCUT2D eigenvalue weighted by molar-refractivity contribution is 4.77. The van der Waals surface area contributed by atoms with Crippen molar-refractivity contribution in [2.24, 2.45) is 0 Å². The van der Waals surface area contributed by atoms with Crippen LogP contribution in [0.2, 0.25) is 0 Å². The van der Waals surface area contributed by atoms with Gasteiger partial charge in [0.25, 0.3) is 0 Å². The van der Waals surface area contributed by atoms with Gasteiger partial charge in [-0.2, -0.15) is 0 Å². The number of likely N-dealkylation sites (N-methyl/N-ethyl adjacent to an activating group) is 1. The molecule has 2 heterocycles. The van der Waals surface area contributed by atoms with Crippen molar-refractivity contribution in [3.63, 3.8) is 0 Å². The molecule has 0 spiro atoms. The van der Waals surface area contributed by atoms with E-state index in [-0.39, 0.29) is 0 Å². The number of piperidine rings is 1. The van der Waals surface area contributed by atoms with Gasteiger partial charge in [-0.05, 0) is 32.9 Å². The molecule has 0 aliphatic carbocycles. The third-order valence-electron chi connectivity index (χ3n) is 3.90. The quantitative estimate of drug-likeness (QED) is 0.670. The van der Waals surface area contributed by atoms with Crippen molar-refractivity contribution in [3.8, 4) is 0 Å². The molecule has 0 radical (unpaired) electrons. The van der Waals surface area contributed by atoms with Crippen LogP contribution in [0.15, 0.2) is 0 Å². The molecule has 2 aliphatic rings. The molecule has 0 aromatic rings. The van der Waals surface area contributed by atoms with Crippen LogP contribution in [0.5, 0.6) is 0 Å². The van der Waals surface area contributed by atoms with Crippen molar-refractivity contribution < 1.29 is 9.47 Å². The van der Waals surface area contributed by atoms with E-state index in [0.717, 1.165) is 26.3 Å². The predicted octanol–water partition coefficient (Wildman–Crippen LogP) is 2.23. The number of rotatable bonds is 7. The number of hydrogen-bond donors (Lipinski definition) is 0. The highest BCUT2D eigenvalue weighted by atomic mass is 16.5. The van der Waals surface area contributed by atoms with Crippen molar-refractivity contribution in [1.29, 1.82) is 0 Å². The predicted molar refractivity (Wildman–Crippen MR) is 84.3 cm³/mol. The van der Waals surface area contributed by atoms with Crippen LogP contribution in [0.1, 0.15) is 40.0 Å². The van der Waals surface area contributed by atoms with Crippen LogP contribution in [0.4, 0.5) is 0 Å². The SMILES string of the molecule is CC.CCCN1CCC(OCCOC2CN(C)C2)CC1. The molecule has 0 aromatic heterocycles. The maximum Gasteiger partial charge on any atom is 0.0829 e. The van der Waals surface area contributed by atoms with Crippen LogP contribution in [0, 0.1) is 0 Å². The molecule has 0 unspecified atom stereocenters. The van der Waals surface area contributed by atoms with Gasteiger partial charge in [0.05, 0.1) is 25.4 Å². The van der Waals surface area contributed by atoms with E-state index < -0.39 is 0 Å². The van der Waals surface area contributed by atoms with Crippen LogP contribution in [-0.2, 0) is 9.47 Å². The lowest BCUT2D eigenvalue weighted by Gasteiger charge is -2.36. The fourth-order valence-corrected chi connectivity index (χ4v) is 2.79. The van der Waals surface area contributed by atoms with Gasteiger partial charge < -0.3 is 19.3 Å². The topological polar surface area (TPSA) is 24.9 Å². The van der Waals surface area contributed by atoms with Gasteiger partial charge >= 0.3 is 0 Å². The van der Waals surface area contributed by atoms with Crippen LogP contribution in [0.25, 0.3) is 0 Å². The van der Waals surface area contributed by atoms with Gasteiger partial charge in [-0.15, -0.1) is 0 Å². The summed E-state index contributed by atoms with van der Waals surface area (Å²) in [5.74, 6) is 0. The smallest absolute Gasteiger partial charge is 0.0829 e. The fraction of sp³-hybridized carbons (Fsp3) is 1.00. The Balaban J connectivity index is 0.000000956. The molecule has 2 saturated heterocycles. The zero-order valence-electron chi connectivity index (χ0n) is 13.9. The van der Waals surface area contributed by atoms with Crippen molar-refractivity contribution in [3.05, 3.63) is 0 Å². The van der Waals surface area contributed by atoms with Gasteiger partial charge in [0.1, 0.15) is 0 Å². The second kappa shape index (κ2) is 10.6. The summed E-state index contributed by atoms with van der Waals surface area (Å²) < 4.78 is 11.6. The highest BCUT2D eigenvalue weighted by Gasteiger charge is 2.23. The number of likely N-dealkylation sites (tertiary alicyclic amines) is 2. The zero-order chi connectivity index (χ0) is 14.8. The molecule has 0 saturated carbocycles. The first-order valence-corrected chi connectivity index (χ1v) is 8.42. The average molecular weight is 286 g/mol. The van der Waals surface area contributed by atoms with Gasteiger partial charge in [-0.3, -0.25) is 0 Å². The summed E-state index contributed by atoms with van der Waals surface area (Å²) in [4.78, 5) is 4.82. The van der Waals surface area contributed by atoms with Gasteiger partial charge in [0.2, 0.25) is 0 Å². The Hall–Kier alpha value is -0.160. The van der Waals surface area contributed by atoms with Gasteiger partial charge in [-0.1, -0.05) is 20.8 Å². The Kier molecular flexibility index (Phi) is 9.44. The molecular weight excluding hydrogens is 252 g/mol. The van der Waals surface area contributed by atoms with E-state index >= 15 is 0 Å². The van der Waals surface area contributed by atoms with E-state index in [1.165, 1.54) is 38.9 Å². The van der Waals surface area contributed by atoms with Crippen molar-refractivity contribution >= 4 is 0 Å². The Labute approximate surface area is 125 Å². The van der Waals surface area contributed by atoms with Crippen LogP contribution in [0.3, 0.4) is 0 Å². The zero-order valence-corrected chi connectivity index (χ0v) is 13.9. The molecule has 0 bridgehead atoms. The largest absolute Gasteiger partial charge is 0.376 e. The summed E-state index contributed by atoms with van der Waals surface area (Å²) in [6.07, 6.45) is 4.55. The monoisotopic (exact) mass is 286 g/mol. The van der Waals surface area contributed by atoms with E-state index in [1.807, 2.05) is 13.8 Å². The lowest BCUT2D eigenvalue weighted by molar-refractivity contribution is -0.0782. The third kappa shape index (κ3) is 6.53. The molecule has 20 heavy (non-hydrogen) atoms. The van der Waals surface area contributed by atoms with Crippen LogP contribution in [-0.4, -0.2) is 75.0 Å². The Bertz CT molecular complexity index is 225. The molecule has 2 fully saturated rings. The van der Waals surface area contributed by atoms with Crippen LogP contribution >= 0.6 is 0 Å². The summed E-state index contributed by atoms with van der Waals surface area (Å²) in [6, 6.07) is 0. The lowest BCUT2D eigenvalue weighted by atomic mass is 10.1. The van der Waals surface area contributed by atoms with E-state index in [1.54, 1.807) is 0 Å². The number of ether oxygens (including phenoxy) is 2. The van der Waals surface area contributed by atoms with E-state index in [9.17, 15) is 0 Å². The fourth-order valence-electron chi connectivity index (χ4n) is 2.79. The van der Waals surface area contributed by atoms with E-state index in [2.05, 4.69) is 23.8 Å². The lowest BCUT2D eigenvalue weighted by Crippen LogP contribution is -2.50. The first-order chi connectivity index (χ1) is 9.78. The maximum atomic E-state index is 5.89. The minimum absolute atomic E-state index is 0.449. The molecule has 0 atom stereocenters. The Morgan fingerprint density at radius 1 is 0.950 bits per heavy atom. The molecule has 0 aromatic carbocycles. The summed E-state index contributed by atoms with van der Waals surface area (Å²) in [5, 5.41) is 0. The molecule has 0 amide bonds. The number of nitrogens with zero attached hydrogens (tertiary/aromatic N) is 2. The molecule has 2 aliphatic heterocycles. The molecule has 120 valence electrons. The highest BCUT2D eigenvalue weighted by Crippen LogP contribution is 2.14. The first kappa shape index (κ1) is 17.9. The normalized spacial score (nSPS) is 22.2. The third-order valence-corrected chi connectivity index (χ3v) is 3.90. The molecule has 4 heteroatoms. The maximum absolute atomic E-state index is 5.89. The molecular formula is C16H34N2O2. The van der Waals surface area contributed by atoms with E-state index in [4.69, 9.17) is 9.47 Å². The van der Waals surface area contributed by atoms with Crippen molar-refractivity contribution in [2.75, 3.05) is 53.0 Å². The van der Waals surface area contributed by atoms with Gasteiger partial charge in [0.15, 0.2) is 0 Å². The Morgan fingerprint density at radius 2 is 1.50 bits per heavy atom. The summed E-state index contributed by atoms with van der Waals surface area (Å²) in [7, 11) is 2.13. The van der Waals surface area contributed by atoms with E-state index in [0.29, 0.717) is 12.2 Å². The summed E-state index contributed by atoms with van der Waals surface area (Å²) in [6.45, 7) is 13.6. The summed E-state index contributed by atoms with van der Waals surface area (Å²) >= 11 is 0. The average Bonchev–Trinajstić information content (AvgIpc) is 2.45. The summed E-state index contributed by atoms with van der Waals surface area (Å²) in [5.41, 5.74) is 0. The second-order valence-corrected chi connectivity index (χ2v) is 5.63. The van der Waals surface area contributed by atoms with Gasteiger partial charge in [-0.25, -0.2) is 0 Å². The molecule has 4 nitrogen and oxygen atoms in total. The minimum atomic E-state index is 0.449. The minimum Gasteiger partial charge on any atom is -0.376 e. The molecule has 2 rings (SSSR count). The van der Waals surface area contributed by atoms with Crippen LogP contribution < -0.4 is 0 Å². The molecule has 0 N–H and O–H groups in total. The Morgan fingerprint density at radius 3 is 2.00 bits per heavy atom.